The van der Waals surface area contributed by atoms with Crippen LogP contribution in [-0.2, 0) is 4.12 Å². The van der Waals surface area contributed by atoms with Crippen LogP contribution in [0.25, 0.3) is 0 Å². The van der Waals surface area contributed by atoms with Crippen LogP contribution in [0.3, 0.4) is 0 Å². The highest BCUT2D eigenvalue weighted by atomic mass is 28.4. The van der Waals surface area contributed by atoms with Crippen molar-refractivity contribution in [1.29, 1.82) is 0 Å². The Morgan fingerprint density at radius 2 is 1.00 bits per heavy atom. The highest BCUT2D eigenvalue weighted by Gasteiger charge is 2.41. The molecule has 0 aromatic carbocycles. The summed E-state index contributed by atoms with van der Waals surface area (Å²) in [5.41, 5.74) is 0. The molecule has 0 aromatic rings. The van der Waals surface area contributed by atoms with E-state index in [-0.39, 0.29) is 12.5 Å². The van der Waals surface area contributed by atoms with Crippen molar-refractivity contribution in [3.05, 3.63) is 0 Å². The molecule has 0 amide bonds. The van der Waals surface area contributed by atoms with Gasteiger partial charge in [-0.05, 0) is 24.2 Å². The molecule has 0 aliphatic carbocycles. The quantitative estimate of drug-likeness (QED) is 0.648. The average molecular weight is 250 g/mol. The van der Waals surface area contributed by atoms with Crippen LogP contribution in [0.5, 0.6) is 0 Å². The van der Waals surface area contributed by atoms with Crippen LogP contribution in [0, 0.1) is 0 Å². The second-order valence-electron chi connectivity index (χ2n) is 4.20. The monoisotopic (exact) mass is 250 g/mol. The summed E-state index contributed by atoms with van der Waals surface area (Å²) in [5, 5.41) is 19.0. The molecule has 15 heavy (non-hydrogen) atoms. The summed E-state index contributed by atoms with van der Waals surface area (Å²) in [7, 11) is -3.92. The number of hydrogen-bond acceptors (Lipinski definition) is 3. The summed E-state index contributed by atoms with van der Waals surface area (Å²) < 4.78 is 6.30. The first-order valence-electron chi connectivity index (χ1n) is 5.99. The predicted molar refractivity (Wildman–Crippen MR) is 68.7 cm³/mol. The van der Waals surface area contributed by atoms with Crippen molar-refractivity contribution in [3.8, 4) is 0 Å². The molecule has 3 nitrogen and oxygen atoms in total. The van der Waals surface area contributed by atoms with Crippen molar-refractivity contribution in [2.45, 2.75) is 51.9 Å². The zero-order chi connectivity index (χ0) is 11.9. The van der Waals surface area contributed by atoms with E-state index in [2.05, 4.69) is 27.7 Å². The Morgan fingerprint density at radius 3 is 1.13 bits per heavy atom. The van der Waals surface area contributed by atoms with E-state index in [0.29, 0.717) is 0 Å². The van der Waals surface area contributed by atoms with Crippen LogP contribution < -0.4 is 0 Å². The minimum atomic E-state index is -1.96. The lowest BCUT2D eigenvalue weighted by atomic mass is 10.9. The third kappa shape index (κ3) is 3.67. The van der Waals surface area contributed by atoms with Crippen LogP contribution in [0.1, 0.15) is 27.7 Å². The van der Waals surface area contributed by atoms with Crippen molar-refractivity contribution in [2.24, 2.45) is 0 Å². The summed E-state index contributed by atoms with van der Waals surface area (Å²) in [5.74, 6) is 0. The number of rotatable bonds is 8. The lowest BCUT2D eigenvalue weighted by molar-refractivity contribution is 0.302. The smallest absolute Gasteiger partial charge is 0.204 e. The standard InChI is InChI=1S/C10H26O3Si2/c1-5-14(6-2,9-11)13-15(7-3,8-4)10-12/h11-12H,5-10H2,1-4H3. The first-order valence-corrected chi connectivity index (χ1v) is 11.0. The molecule has 0 radical (unpaired) electrons. The Bertz CT molecular complexity index is 134. The second kappa shape index (κ2) is 6.80. The fourth-order valence-corrected chi connectivity index (χ4v) is 10.2. The molecule has 0 bridgehead atoms. The fraction of sp³-hybridized carbons (Fsp3) is 1.00. The summed E-state index contributed by atoms with van der Waals surface area (Å²) in [6.07, 6.45) is 0.378. The van der Waals surface area contributed by atoms with Gasteiger partial charge in [0.15, 0.2) is 0 Å². The Balaban J connectivity index is 4.74. The first kappa shape index (κ1) is 15.3. The molecule has 92 valence electrons. The fourth-order valence-electron chi connectivity index (χ4n) is 1.76. The molecule has 0 fully saturated rings. The molecule has 0 aliphatic rings. The third-order valence-electron chi connectivity index (χ3n) is 3.59. The van der Waals surface area contributed by atoms with Gasteiger partial charge in [0, 0.05) is 0 Å². The van der Waals surface area contributed by atoms with Gasteiger partial charge in [0.05, 0.1) is 12.5 Å². The van der Waals surface area contributed by atoms with E-state index in [0.717, 1.165) is 24.2 Å². The van der Waals surface area contributed by atoms with Gasteiger partial charge in [-0.2, -0.15) is 0 Å². The van der Waals surface area contributed by atoms with Crippen LogP contribution in [0.15, 0.2) is 0 Å². The van der Waals surface area contributed by atoms with Crippen LogP contribution in [0.4, 0.5) is 0 Å². The number of hydrogen-bond donors (Lipinski definition) is 2. The van der Waals surface area contributed by atoms with E-state index in [1.807, 2.05) is 0 Å². The molecule has 0 aliphatic heterocycles. The van der Waals surface area contributed by atoms with Gasteiger partial charge in [-0.15, -0.1) is 0 Å². The normalized spacial score (nSPS) is 13.2. The van der Waals surface area contributed by atoms with Crippen molar-refractivity contribution in [1.82, 2.24) is 0 Å². The second-order valence-corrected chi connectivity index (χ2v) is 13.2. The van der Waals surface area contributed by atoms with Gasteiger partial charge in [0.25, 0.3) is 0 Å². The molecule has 0 saturated heterocycles. The minimum absolute atomic E-state index is 0.189. The van der Waals surface area contributed by atoms with Crippen molar-refractivity contribution >= 4 is 16.6 Å². The minimum Gasteiger partial charge on any atom is -0.452 e. The molecular weight excluding hydrogens is 224 g/mol. The summed E-state index contributed by atoms with van der Waals surface area (Å²) in [4.78, 5) is 0. The Labute approximate surface area is 95.7 Å². The van der Waals surface area contributed by atoms with Crippen molar-refractivity contribution in [3.63, 3.8) is 0 Å². The summed E-state index contributed by atoms with van der Waals surface area (Å²) in [6, 6.07) is 3.76. The van der Waals surface area contributed by atoms with Crippen LogP contribution in [-0.4, -0.2) is 39.3 Å². The molecule has 0 saturated carbocycles. The van der Waals surface area contributed by atoms with Crippen molar-refractivity contribution < 1.29 is 14.3 Å². The Morgan fingerprint density at radius 1 is 0.733 bits per heavy atom. The van der Waals surface area contributed by atoms with E-state index < -0.39 is 16.6 Å². The van der Waals surface area contributed by atoms with E-state index in [4.69, 9.17) is 4.12 Å². The number of aliphatic hydroxyl groups is 2. The SMILES string of the molecule is CC[Si](CC)(CO)O[Si](CC)(CC)CO. The highest BCUT2D eigenvalue weighted by Crippen LogP contribution is 2.26. The van der Waals surface area contributed by atoms with Gasteiger partial charge in [-0.25, -0.2) is 0 Å². The molecule has 5 heteroatoms. The maximum absolute atomic E-state index is 9.50. The largest absolute Gasteiger partial charge is 0.452 e. The zero-order valence-electron chi connectivity index (χ0n) is 10.5. The Kier molecular flexibility index (Phi) is 6.94. The van der Waals surface area contributed by atoms with Gasteiger partial charge in [-0.3, -0.25) is 0 Å². The highest BCUT2D eigenvalue weighted by molar-refractivity contribution is 6.87. The molecule has 0 heterocycles. The van der Waals surface area contributed by atoms with Crippen LogP contribution in [0.2, 0.25) is 24.2 Å². The maximum atomic E-state index is 9.50. The first-order chi connectivity index (χ1) is 7.07. The molecule has 2 N–H and O–H groups in total. The van der Waals surface area contributed by atoms with E-state index in [1.54, 1.807) is 0 Å². The van der Waals surface area contributed by atoms with Gasteiger partial charge >= 0.3 is 0 Å². The van der Waals surface area contributed by atoms with E-state index >= 15 is 0 Å². The third-order valence-corrected chi connectivity index (χ3v) is 13.4. The topological polar surface area (TPSA) is 49.7 Å². The van der Waals surface area contributed by atoms with Crippen LogP contribution >= 0.6 is 0 Å². The van der Waals surface area contributed by atoms with Gasteiger partial charge in [-0.1, -0.05) is 27.7 Å². The average Bonchev–Trinajstić information content (AvgIpc) is 2.33. The lowest BCUT2D eigenvalue weighted by Crippen LogP contribution is -2.55. The summed E-state index contributed by atoms with van der Waals surface area (Å²) >= 11 is 0. The summed E-state index contributed by atoms with van der Waals surface area (Å²) in [6.45, 7) is 8.36. The lowest BCUT2D eigenvalue weighted by Gasteiger charge is -2.38. The van der Waals surface area contributed by atoms with E-state index in [9.17, 15) is 10.2 Å². The molecular formula is C10H26O3Si2. The van der Waals surface area contributed by atoms with Crippen molar-refractivity contribution in [2.75, 3.05) is 12.5 Å². The Hall–Kier alpha value is 0.314. The van der Waals surface area contributed by atoms with Gasteiger partial charge in [0.1, 0.15) is 0 Å². The maximum Gasteiger partial charge on any atom is 0.204 e. The van der Waals surface area contributed by atoms with E-state index in [1.165, 1.54) is 0 Å². The molecule has 0 rings (SSSR count). The predicted octanol–water partition coefficient (Wildman–Crippen LogP) is 2.04. The van der Waals surface area contributed by atoms with Gasteiger partial charge in [0.2, 0.25) is 16.6 Å². The molecule has 0 aromatic heterocycles. The number of aliphatic hydroxyl groups excluding tert-OH is 2. The molecule has 0 atom stereocenters. The zero-order valence-corrected chi connectivity index (χ0v) is 12.5. The molecule has 0 unspecified atom stereocenters. The van der Waals surface area contributed by atoms with Gasteiger partial charge < -0.3 is 14.3 Å². The molecule has 0 spiro atoms.